The molecular formula is C68H94N6O19S. The second-order valence-electron chi connectivity index (χ2n) is 23.1. The number of phenolic OH excluding ortho intramolecular Hbond substituents is 2. The highest BCUT2D eigenvalue weighted by molar-refractivity contribution is 7.85. The first-order valence-electron chi connectivity index (χ1n) is 30.3. The highest BCUT2D eigenvalue weighted by atomic mass is 32.2. The van der Waals surface area contributed by atoms with Crippen LogP contribution < -0.4 is 32.7 Å². The van der Waals surface area contributed by atoms with Crippen LogP contribution in [0, 0.1) is 23.7 Å². The Morgan fingerprint density at radius 3 is 1.64 bits per heavy atom. The molecule has 94 heavy (non-hydrogen) atoms. The molecule has 2 aromatic carbocycles. The topological polar surface area (TPSA) is 401 Å². The van der Waals surface area contributed by atoms with Gasteiger partial charge in [0.1, 0.15) is 28.1 Å². The van der Waals surface area contributed by atoms with Gasteiger partial charge in [-0.1, -0.05) is 107 Å². The summed E-state index contributed by atoms with van der Waals surface area (Å²) in [5.74, 6) is -3.43. The van der Waals surface area contributed by atoms with Gasteiger partial charge in [0.2, 0.25) is 11.6 Å². The lowest BCUT2D eigenvalue weighted by Crippen LogP contribution is -2.78. The number of ketones is 2. The van der Waals surface area contributed by atoms with Crippen molar-refractivity contribution in [2.45, 2.75) is 135 Å². The lowest BCUT2D eigenvalue weighted by atomic mass is 9.85. The highest BCUT2D eigenvalue weighted by Crippen LogP contribution is 2.41. The van der Waals surface area contributed by atoms with Gasteiger partial charge >= 0.3 is 12.2 Å². The molecule has 2 aliphatic heterocycles. The Kier molecular flexibility index (Phi) is 33.0. The third-order valence-corrected chi connectivity index (χ3v) is 16.5. The van der Waals surface area contributed by atoms with Crippen LogP contribution in [-0.2, 0) is 64.1 Å². The zero-order valence-corrected chi connectivity index (χ0v) is 56.3. The van der Waals surface area contributed by atoms with E-state index in [1.165, 1.54) is 70.9 Å². The van der Waals surface area contributed by atoms with E-state index in [1.54, 1.807) is 94.6 Å². The third kappa shape index (κ3) is 24.2. The van der Waals surface area contributed by atoms with Gasteiger partial charge in [-0.05, 0) is 94.6 Å². The first kappa shape index (κ1) is 79.9. The van der Waals surface area contributed by atoms with Crippen molar-refractivity contribution in [2.75, 3.05) is 46.8 Å². The number of fused-ring (bicyclic) bond motifs is 4. The number of methoxy groups -OCH3 is 4. The molecular weight excluding hydrogens is 1240 g/mol. The molecule has 516 valence electrons. The first-order valence-corrected chi connectivity index (χ1v) is 31.7. The highest BCUT2D eigenvalue weighted by Gasteiger charge is 2.35. The van der Waals surface area contributed by atoms with Crippen molar-refractivity contribution < 1.29 is 95.9 Å². The summed E-state index contributed by atoms with van der Waals surface area (Å²) in [6.07, 6.45) is 10.1. The summed E-state index contributed by atoms with van der Waals surface area (Å²) in [5, 5.41) is 54.6. The maximum absolute atomic E-state index is 13.5. The summed E-state index contributed by atoms with van der Waals surface area (Å²) in [6.45, 7) is 22.2. The van der Waals surface area contributed by atoms with Gasteiger partial charge in [0, 0.05) is 75.7 Å². The molecule has 0 aromatic heterocycles. The number of aromatic hydroxyl groups is 2. The molecule has 25 nitrogen and oxygen atoms in total. The molecule has 2 aromatic rings. The first-order chi connectivity index (χ1) is 44.3. The van der Waals surface area contributed by atoms with Crippen molar-refractivity contribution in [1.29, 1.82) is 0 Å². The Labute approximate surface area is 550 Å². The minimum atomic E-state index is -4.25. The Balaban J connectivity index is 0.000000425. The quantitative estimate of drug-likeness (QED) is 0.0272. The Morgan fingerprint density at radius 1 is 0.734 bits per heavy atom. The monoisotopic (exact) mass is 1330 g/mol. The molecule has 0 fully saturated rings. The van der Waals surface area contributed by atoms with Gasteiger partial charge in [0.05, 0.1) is 58.5 Å². The number of Topliss-reactive ketones (excluding diaryl/α,β-unsaturated/α-hetero) is 1. The van der Waals surface area contributed by atoms with Crippen LogP contribution in [0.5, 0.6) is 11.5 Å². The van der Waals surface area contributed by atoms with Gasteiger partial charge in [-0.25, -0.2) is 18.0 Å². The number of anilines is 1. The molecule has 0 spiro atoms. The number of carbonyl (C=O) groups is 6. The number of nitrogens with one attached hydrogen (secondary N) is 3. The van der Waals surface area contributed by atoms with Crippen LogP contribution in [0.4, 0.5) is 21.0 Å². The minimum Gasteiger partial charge on any atom is -0.744 e. The number of hydrogen-bond donors (Lipinski definition) is 10. The zero-order chi connectivity index (χ0) is 70.7. The predicted molar refractivity (Wildman–Crippen MR) is 353 cm³/mol. The summed E-state index contributed by atoms with van der Waals surface area (Å²) in [7, 11) is 1.63. The molecule has 5 rings (SSSR count). The summed E-state index contributed by atoms with van der Waals surface area (Å²) >= 11 is 0. The van der Waals surface area contributed by atoms with Gasteiger partial charge < -0.3 is 86.1 Å². The van der Waals surface area contributed by atoms with E-state index < -0.39 is 106 Å². The fourth-order valence-electron chi connectivity index (χ4n) is 10.6. The van der Waals surface area contributed by atoms with E-state index in [1.807, 2.05) is 20.8 Å². The van der Waals surface area contributed by atoms with Crippen LogP contribution in [0.2, 0.25) is 0 Å². The zero-order valence-electron chi connectivity index (χ0n) is 55.5. The third-order valence-electron chi connectivity index (χ3n) is 15.6. The second kappa shape index (κ2) is 38.8. The van der Waals surface area contributed by atoms with Gasteiger partial charge in [-0.15, -0.1) is 6.58 Å². The summed E-state index contributed by atoms with van der Waals surface area (Å²) in [6, 6.07) is 8.50. The number of phenols is 2. The number of benzene rings is 2. The van der Waals surface area contributed by atoms with Gasteiger partial charge in [-0.3, -0.25) is 19.2 Å². The number of quaternary nitrogens is 1. The normalized spacial score (nSPS) is 28.4. The average Bonchev–Trinajstić information content (AvgIpc) is 0.875. The Morgan fingerprint density at radius 2 is 1.21 bits per heavy atom. The number of aliphatic hydroxyl groups excluding tert-OH is 2. The van der Waals surface area contributed by atoms with Crippen molar-refractivity contribution in [3.8, 4) is 11.5 Å². The van der Waals surface area contributed by atoms with Gasteiger partial charge in [0.25, 0.3) is 11.8 Å². The average molecular weight is 1330 g/mol. The van der Waals surface area contributed by atoms with Gasteiger partial charge in [0.15, 0.2) is 23.6 Å². The summed E-state index contributed by atoms with van der Waals surface area (Å²) in [5.41, 5.74) is 13.6. The van der Waals surface area contributed by atoms with Crippen LogP contribution >= 0.6 is 0 Å². The van der Waals surface area contributed by atoms with E-state index in [2.05, 4.69) is 29.1 Å². The maximum atomic E-state index is 13.5. The predicted octanol–water partition coefficient (Wildman–Crippen LogP) is 6.07. The summed E-state index contributed by atoms with van der Waals surface area (Å²) < 4.78 is 64.0. The van der Waals surface area contributed by atoms with E-state index in [0.717, 1.165) is 6.08 Å². The number of nitrogens with two attached hydrogens (primary N) is 3. The molecule has 0 saturated heterocycles. The molecule has 26 heteroatoms. The number of primary amides is 2. The fourth-order valence-corrected chi connectivity index (χ4v) is 11.1. The smallest absolute Gasteiger partial charge is 0.405 e. The van der Waals surface area contributed by atoms with Crippen LogP contribution in [-0.4, -0.2) is 159 Å². The van der Waals surface area contributed by atoms with Crippen molar-refractivity contribution in [3.05, 3.63) is 161 Å². The molecule has 1 aliphatic carbocycles. The van der Waals surface area contributed by atoms with Crippen LogP contribution in [0.15, 0.2) is 161 Å². The fraction of sp³-hybridized carbons (Fsp3) is 0.441. The standard InChI is InChI=1S/C31H45N3O8.C31H43N3O8.C6H6O3S/c2*1-8-12-33-26-21-13-17(2)14-25(41-7)27(36)19(4)15-20(5)29(42-31(32)39)24(40-6)11-9-10-18(3)30(38)34-22(28(21)37)16-23(26)35;7-10(8,9)6-4-2-1-3-5-6/h8-11,15-17,19,24-25,27,29,33,35-37H,1,12-14H2,2-7H3,(H2,32,39)(H,34,38);8-11,15-17,19,24-25,27,29,33,36H,1,12-14H2,2-7H3,(H2,32,39)(H,34,38);1-5H,(H,7,8,9)/b2*11-9-,18-10+,20-15+;/t2*17-,19+,24+,25+,27-,29+;/m11./s1. The molecule has 4 bridgehead atoms. The van der Waals surface area contributed by atoms with Crippen molar-refractivity contribution in [1.82, 2.24) is 10.6 Å². The summed E-state index contributed by atoms with van der Waals surface area (Å²) in [4.78, 5) is 75.8. The number of hydrogen-bond acceptors (Lipinski definition) is 20. The molecule has 12 atom stereocenters. The van der Waals surface area contributed by atoms with E-state index in [0.29, 0.717) is 53.8 Å². The van der Waals surface area contributed by atoms with E-state index in [4.69, 9.17) is 39.9 Å². The number of rotatable bonds is 13. The number of amides is 4. The van der Waals surface area contributed by atoms with Gasteiger partial charge in [-0.2, -0.15) is 0 Å². The van der Waals surface area contributed by atoms with E-state index in [9.17, 15) is 62.2 Å². The number of allylic oxidation sites excluding steroid dienone is 6. The van der Waals surface area contributed by atoms with E-state index in [-0.39, 0.29) is 69.4 Å². The maximum Gasteiger partial charge on any atom is 0.405 e. The van der Waals surface area contributed by atoms with Crippen LogP contribution in [0.3, 0.4) is 0 Å². The molecule has 0 radical (unpaired) electrons. The molecule has 3 aliphatic rings. The van der Waals surface area contributed by atoms with Crippen molar-refractivity contribution in [2.24, 2.45) is 35.1 Å². The molecule has 0 saturated carbocycles. The molecule has 0 unspecified atom stereocenters. The lowest BCUT2D eigenvalue weighted by Gasteiger charge is -2.30. The van der Waals surface area contributed by atoms with Crippen LogP contribution in [0.25, 0.3) is 0 Å². The van der Waals surface area contributed by atoms with Crippen molar-refractivity contribution in [3.63, 3.8) is 0 Å². The molecule has 13 N–H and O–H groups in total. The number of carbonyl (C=O) groups excluding carboxylic acids is 6. The number of ether oxygens (including phenoxy) is 6. The Bertz CT molecular complexity index is 3370. The number of aliphatic hydroxyl groups is 2. The lowest BCUT2D eigenvalue weighted by molar-refractivity contribution is -0.562. The van der Waals surface area contributed by atoms with Crippen molar-refractivity contribution >= 4 is 57.1 Å². The Hall–Kier alpha value is -8.31. The largest absolute Gasteiger partial charge is 0.744 e. The van der Waals surface area contributed by atoms with Crippen LogP contribution in [0.1, 0.15) is 80.2 Å². The second-order valence-corrected chi connectivity index (χ2v) is 24.5. The minimum absolute atomic E-state index is 0.0616. The SMILES string of the molecule is C=CCNC1=C2C[C@@H](C)C[C@H](OC)[C@H](O)[C@@H](C)/C=C(\C)[C@H](OC(N)=O)[C@@H](OC)/C=C\C=C(/C)C(=O)NC(=CC1=O)C2=O.C=CC[NH2+]c1c(O)cc2c(O)c1C[C@@H](C)C[C@H](OC)[C@H](O)[C@@H](C)/C=C(\C)[C@H](OC(N)=O)[C@@H](OC)/C=C\C=C(/C)C(=O)N2.O=S(=O)([O-])c1ccccc1. The van der Waals surface area contributed by atoms with E-state index >= 15 is 0 Å². The molecule has 4 amide bonds. The molecule has 2 heterocycles.